The van der Waals surface area contributed by atoms with Gasteiger partial charge in [0.25, 0.3) is 0 Å². The van der Waals surface area contributed by atoms with Crippen molar-refractivity contribution in [3.63, 3.8) is 0 Å². The first-order valence-electron chi connectivity index (χ1n) is 7.38. The van der Waals surface area contributed by atoms with Gasteiger partial charge in [-0.15, -0.1) is 0 Å². The van der Waals surface area contributed by atoms with Gasteiger partial charge >= 0.3 is 7.94 Å². The van der Waals surface area contributed by atoms with E-state index in [1.165, 1.54) is 0 Å². The summed E-state index contributed by atoms with van der Waals surface area (Å²) >= 11 is 0. The van der Waals surface area contributed by atoms with E-state index in [4.69, 9.17) is 13.6 Å². The van der Waals surface area contributed by atoms with Gasteiger partial charge in [-0.1, -0.05) is 0 Å². The van der Waals surface area contributed by atoms with Gasteiger partial charge in [0.1, 0.15) is 16.8 Å². The molecule has 0 fully saturated rings. The fraction of sp³-hybridized carbons (Fsp3) is 1.00. The SMILES string of the molecule is CC(C)(C)O[P+](OC(C)(C)C)(OC(C)(C)C)C(C)(C)C. The zero-order chi connectivity index (χ0) is 16.6. The lowest BCUT2D eigenvalue weighted by Gasteiger charge is -2.41. The Morgan fingerprint density at radius 3 is 0.750 bits per heavy atom. The lowest BCUT2D eigenvalue weighted by molar-refractivity contribution is -0.0242. The highest BCUT2D eigenvalue weighted by Crippen LogP contribution is 2.75. The predicted octanol–water partition coefficient (Wildman–Crippen LogP) is 5.99. The van der Waals surface area contributed by atoms with Gasteiger partial charge < -0.3 is 0 Å². The van der Waals surface area contributed by atoms with Gasteiger partial charge in [-0.3, -0.25) is 0 Å². The van der Waals surface area contributed by atoms with Gasteiger partial charge in [0, 0.05) is 0 Å². The van der Waals surface area contributed by atoms with Crippen LogP contribution in [0.2, 0.25) is 0 Å². The van der Waals surface area contributed by atoms with Crippen molar-refractivity contribution in [1.29, 1.82) is 0 Å². The standard InChI is InChI=1S/C16H36O3P/c1-13(2,3)17-20(16(10,11)12,18-14(4,5)6)19-15(7,8)9/h1-12H3/q+1. The normalized spacial score (nSPS) is 15.6. The zero-order valence-corrected chi connectivity index (χ0v) is 16.6. The maximum absolute atomic E-state index is 6.41. The van der Waals surface area contributed by atoms with E-state index in [-0.39, 0.29) is 22.0 Å². The Morgan fingerprint density at radius 2 is 0.650 bits per heavy atom. The quantitative estimate of drug-likeness (QED) is 0.599. The monoisotopic (exact) mass is 307 g/mol. The summed E-state index contributed by atoms with van der Waals surface area (Å²) in [5.74, 6) is 0. The van der Waals surface area contributed by atoms with E-state index in [0.29, 0.717) is 0 Å². The van der Waals surface area contributed by atoms with Crippen LogP contribution in [0.4, 0.5) is 0 Å². The molecule has 0 saturated carbocycles. The second-order valence-corrected chi connectivity index (χ2v) is 12.2. The van der Waals surface area contributed by atoms with Crippen LogP contribution in [0.3, 0.4) is 0 Å². The first-order valence-corrected chi connectivity index (χ1v) is 8.93. The molecule has 0 spiro atoms. The fourth-order valence-corrected chi connectivity index (χ4v) is 4.64. The number of hydrogen-bond donors (Lipinski definition) is 0. The van der Waals surface area contributed by atoms with E-state index >= 15 is 0 Å². The topological polar surface area (TPSA) is 27.7 Å². The smallest absolute Gasteiger partial charge is 0.172 e. The van der Waals surface area contributed by atoms with Crippen molar-refractivity contribution in [2.75, 3.05) is 0 Å². The summed E-state index contributed by atoms with van der Waals surface area (Å²) in [4.78, 5) is 0. The second kappa shape index (κ2) is 5.83. The van der Waals surface area contributed by atoms with Crippen LogP contribution in [0.25, 0.3) is 0 Å². The molecule has 0 aromatic carbocycles. The molecule has 20 heavy (non-hydrogen) atoms. The molecule has 0 unspecified atom stereocenters. The third-order valence-electron chi connectivity index (χ3n) is 2.00. The van der Waals surface area contributed by atoms with E-state index in [0.717, 1.165) is 0 Å². The average molecular weight is 307 g/mol. The molecular formula is C16H36O3P+. The van der Waals surface area contributed by atoms with Crippen molar-refractivity contribution in [3.8, 4) is 0 Å². The third kappa shape index (κ3) is 7.36. The van der Waals surface area contributed by atoms with Crippen LogP contribution in [-0.2, 0) is 13.6 Å². The summed E-state index contributed by atoms with van der Waals surface area (Å²) in [5, 5.41) is -0.221. The molecule has 0 amide bonds. The molecule has 4 heteroatoms. The fourth-order valence-electron chi connectivity index (χ4n) is 1.55. The van der Waals surface area contributed by atoms with Gasteiger partial charge in [-0.25, -0.2) is 0 Å². The predicted molar refractivity (Wildman–Crippen MR) is 89.2 cm³/mol. The highest BCUT2D eigenvalue weighted by Gasteiger charge is 2.63. The van der Waals surface area contributed by atoms with E-state index in [2.05, 4.69) is 20.8 Å². The Hall–Kier alpha value is 0.310. The summed E-state index contributed by atoms with van der Waals surface area (Å²) in [5.41, 5.74) is -0.966. The van der Waals surface area contributed by atoms with Gasteiger partial charge in [0.15, 0.2) is 5.16 Å². The van der Waals surface area contributed by atoms with Crippen LogP contribution in [0.5, 0.6) is 0 Å². The van der Waals surface area contributed by atoms with E-state index in [1.807, 2.05) is 62.3 Å². The molecule has 0 aliphatic rings. The van der Waals surface area contributed by atoms with Crippen molar-refractivity contribution in [2.45, 2.75) is 105 Å². The van der Waals surface area contributed by atoms with Crippen LogP contribution < -0.4 is 0 Å². The Bertz CT molecular complexity index is 270. The van der Waals surface area contributed by atoms with Crippen LogP contribution in [0.1, 0.15) is 83.1 Å². The van der Waals surface area contributed by atoms with Gasteiger partial charge in [-0.2, -0.15) is 13.6 Å². The molecule has 0 aliphatic heterocycles. The minimum Gasteiger partial charge on any atom is -0.172 e. The van der Waals surface area contributed by atoms with Crippen LogP contribution >= 0.6 is 7.94 Å². The first-order chi connectivity index (χ1) is 8.37. The molecule has 0 rings (SSSR count). The zero-order valence-electron chi connectivity index (χ0n) is 15.7. The van der Waals surface area contributed by atoms with E-state index < -0.39 is 7.94 Å². The van der Waals surface area contributed by atoms with Gasteiger partial charge in [-0.05, 0) is 83.1 Å². The summed E-state index contributed by atoms with van der Waals surface area (Å²) in [6.07, 6.45) is 0. The maximum Gasteiger partial charge on any atom is 0.418 e. The largest absolute Gasteiger partial charge is 0.418 e. The summed E-state index contributed by atoms with van der Waals surface area (Å²) in [6.45, 7) is 24.8. The summed E-state index contributed by atoms with van der Waals surface area (Å²) < 4.78 is 19.2. The molecule has 0 saturated heterocycles. The van der Waals surface area contributed by atoms with Crippen LogP contribution in [-0.4, -0.2) is 22.0 Å². The molecule has 0 atom stereocenters. The molecule has 3 nitrogen and oxygen atoms in total. The third-order valence-corrected chi connectivity index (χ3v) is 6.01. The molecule has 122 valence electrons. The average Bonchev–Trinajstić information content (AvgIpc) is 1.88. The Kier molecular flexibility index (Phi) is 5.93. The Balaban J connectivity index is 5.78. The van der Waals surface area contributed by atoms with Crippen LogP contribution in [0.15, 0.2) is 0 Å². The number of rotatable bonds is 3. The Labute approximate surface area is 127 Å². The lowest BCUT2D eigenvalue weighted by Crippen LogP contribution is -2.39. The molecule has 0 aromatic heterocycles. The molecule has 0 N–H and O–H groups in total. The van der Waals surface area contributed by atoms with Crippen molar-refractivity contribution < 1.29 is 13.6 Å². The van der Waals surface area contributed by atoms with Crippen molar-refractivity contribution in [2.24, 2.45) is 0 Å². The molecule has 0 bridgehead atoms. The summed E-state index contributed by atoms with van der Waals surface area (Å²) in [7, 11) is -2.54. The van der Waals surface area contributed by atoms with E-state index in [1.54, 1.807) is 0 Å². The lowest BCUT2D eigenvalue weighted by atomic mass is 10.2. The maximum atomic E-state index is 6.41. The first kappa shape index (κ1) is 20.3. The minimum atomic E-state index is -2.54. The van der Waals surface area contributed by atoms with Crippen molar-refractivity contribution in [1.82, 2.24) is 0 Å². The van der Waals surface area contributed by atoms with E-state index in [9.17, 15) is 0 Å². The highest BCUT2D eigenvalue weighted by molar-refractivity contribution is 7.63. The molecular weight excluding hydrogens is 271 g/mol. The van der Waals surface area contributed by atoms with Crippen molar-refractivity contribution in [3.05, 3.63) is 0 Å². The number of hydrogen-bond acceptors (Lipinski definition) is 3. The molecule has 0 aliphatic carbocycles. The second-order valence-electron chi connectivity index (χ2n) is 9.28. The minimum absolute atomic E-state index is 0.221. The molecule has 0 heterocycles. The van der Waals surface area contributed by atoms with Gasteiger partial charge in [0.05, 0.1) is 0 Å². The van der Waals surface area contributed by atoms with Crippen LogP contribution in [0, 0.1) is 0 Å². The Morgan fingerprint density at radius 1 is 0.450 bits per heavy atom. The van der Waals surface area contributed by atoms with Gasteiger partial charge in [0.2, 0.25) is 0 Å². The summed E-state index contributed by atoms with van der Waals surface area (Å²) in [6, 6.07) is 0. The highest BCUT2D eigenvalue weighted by atomic mass is 31.2. The molecule has 0 radical (unpaired) electrons. The van der Waals surface area contributed by atoms with Crippen molar-refractivity contribution >= 4 is 7.94 Å². The molecule has 0 aromatic rings.